The molecule has 19 heavy (non-hydrogen) atoms. The predicted octanol–water partition coefficient (Wildman–Crippen LogP) is 3.57. The molecule has 1 N–H and O–H groups in total. The fraction of sp³-hybridized carbons (Fsp3) is 0.667. The Hall–Kier alpha value is -0.450. The quantitative estimate of drug-likeness (QED) is 0.792. The van der Waals surface area contributed by atoms with Gasteiger partial charge in [-0.3, -0.25) is 4.98 Å². The number of rotatable bonds is 8. The van der Waals surface area contributed by atoms with E-state index in [0.29, 0.717) is 0 Å². The number of halogens is 1. The van der Waals surface area contributed by atoms with Gasteiger partial charge >= 0.3 is 0 Å². The minimum absolute atomic E-state index is 0.196. The van der Waals surface area contributed by atoms with Crippen LogP contribution in [0.4, 0.5) is 0 Å². The van der Waals surface area contributed by atoms with Crippen molar-refractivity contribution in [1.82, 2.24) is 10.3 Å². The molecule has 0 saturated heterocycles. The average molecular weight is 329 g/mol. The van der Waals surface area contributed by atoms with Crippen molar-refractivity contribution >= 4 is 15.9 Å². The van der Waals surface area contributed by atoms with Crippen LogP contribution < -0.4 is 5.32 Å². The van der Waals surface area contributed by atoms with E-state index in [1.54, 1.807) is 0 Å². The maximum atomic E-state index is 5.88. The minimum Gasteiger partial charge on any atom is -0.374 e. The zero-order valence-corrected chi connectivity index (χ0v) is 14.0. The highest BCUT2D eigenvalue weighted by Gasteiger charge is 2.29. The molecule has 0 aliphatic heterocycles. The van der Waals surface area contributed by atoms with Gasteiger partial charge in [0.1, 0.15) is 0 Å². The Balaban J connectivity index is 2.76. The molecule has 0 bridgehead atoms. The summed E-state index contributed by atoms with van der Waals surface area (Å²) < 4.78 is 6.90. The first-order chi connectivity index (χ1) is 8.99. The van der Waals surface area contributed by atoms with Gasteiger partial charge in [0, 0.05) is 35.4 Å². The molecule has 0 radical (unpaired) electrons. The SMILES string of the molecule is CCCNC(Cc1ccc(Br)cn1)C(C)(C)OCC. The Kier molecular flexibility index (Phi) is 6.97. The number of ether oxygens (including phenoxy) is 1. The van der Waals surface area contributed by atoms with Crippen molar-refractivity contribution in [3.8, 4) is 0 Å². The lowest BCUT2D eigenvalue weighted by Crippen LogP contribution is -2.50. The Morgan fingerprint density at radius 3 is 2.63 bits per heavy atom. The molecule has 0 saturated carbocycles. The highest BCUT2D eigenvalue weighted by Crippen LogP contribution is 2.19. The number of nitrogens with one attached hydrogen (secondary N) is 1. The molecule has 1 aromatic heterocycles. The van der Waals surface area contributed by atoms with Crippen molar-refractivity contribution < 1.29 is 4.74 Å². The smallest absolute Gasteiger partial charge is 0.0782 e. The van der Waals surface area contributed by atoms with Gasteiger partial charge in [0.15, 0.2) is 0 Å². The number of nitrogens with zero attached hydrogens (tertiary/aromatic N) is 1. The van der Waals surface area contributed by atoms with Gasteiger partial charge in [-0.15, -0.1) is 0 Å². The van der Waals surface area contributed by atoms with Crippen molar-refractivity contribution in [2.75, 3.05) is 13.2 Å². The normalized spacial score (nSPS) is 13.5. The van der Waals surface area contributed by atoms with E-state index in [1.165, 1.54) is 0 Å². The second-order valence-electron chi connectivity index (χ2n) is 5.22. The van der Waals surface area contributed by atoms with Crippen molar-refractivity contribution in [2.45, 2.75) is 52.2 Å². The van der Waals surface area contributed by atoms with Gasteiger partial charge in [-0.25, -0.2) is 0 Å². The van der Waals surface area contributed by atoms with Crippen LogP contribution in [-0.4, -0.2) is 29.8 Å². The zero-order valence-electron chi connectivity index (χ0n) is 12.4. The van der Waals surface area contributed by atoms with E-state index in [1.807, 2.05) is 19.2 Å². The predicted molar refractivity (Wildman–Crippen MR) is 83.4 cm³/mol. The third kappa shape index (κ3) is 5.59. The van der Waals surface area contributed by atoms with Crippen molar-refractivity contribution in [3.05, 3.63) is 28.5 Å². The van der Waals surface area contributed by atoms with Crippen LogP contribution in [0.15, 0.2) is 22.8 Å². The number of hydrogen-bond donors (Lipinski definition) is 1. The summed E-state index contributed by atoms with van der Waals surface area (Å²) in [4.78, 5) is 4.46. The Labute approximate surface area is 125 Å². The first kappa shape index (κ1) is 16.6. The van der Waals surface area contributed by atoms with Gasteiger partial charge < -0.3 is 10.1 Å². The third-order valence-corrected chi connectivity index (χ3v) is 3.67. The van der Waals surface area contributed by atoms with E-state index in [2.05, 4.69) is 53.1 Å². The lowest BCUT2D eigenvalue weighted by Gasteiger charge is -2.35. The molecule has 1 rings (SSSR count). The molecular weight excluding hydrogens is 304 g/mol. The lowest BCUT2D eigenvalue weighted by atomic mass is 9.93. The Morgan fingerprint density at radius 1 is 1.37 bits per heavy atom. The summed E-state index contributed by atoms with van der Waals surface area (Å²) in [6.45, 7) is 10.2. The van der Waals surface area contributed by atoms with Crippen LogP contribution in [0.25, 0.3) is 0 Å². The van der Waals surface area contributed by atoms with E-state index < -0.39 is 0 Å². The summed E-state index contributed by atoms with van der Waals surface area (Å²) in [6, 6.07) is 4.36. The fourth-order valence-corrected chi connectivity index (χ4v) is 2.33. The molecule has 1 atom stereocenters. The summed E-state index contributed by atoms with van der Waals surface area (Å²) in [5.74, 6) is 0. The molecule has 108 valence electrons. The standard InChI is InChI=1S/C15H25BrN2O/c1-5-9-17-14(15(3,4)19-6-2)10-13-8-7-12(16)11-18-13/h7-8,11,14,17H,5-6,9-10H2,1-4H3. The lowest BCUT2D eigenvalue weighted by molar-refractivity contribution is -0.0382. The van der Waals surface area contributed by atoms with Crippen LogP contribution in [0, 0.1) is 0 Å². The van der Waals surface area contributed by atoms with Crippen LogP contribution >= 0.6 is 15.9 Å². The van der Waals surface area contributed by atoms with Crippen molar-refractivity contribution in [1.29, 1.82) is 0 Å². The first-order valence-corrected chi connectivity index (χ1v) is 7.76. The molecule has 0 spiro atoms. The van der Waals surface area contributed by atoms with Crippen LogP contribution in [-0.2, 0) is 11.2 Å². The van der Waals surface area contributed by atoms with Gasteiger partial charge in [-0.1, -0.05) is 6.92 Å². The summed E-state index contributed by atoms with van der Waals surface area (Å²) >= 11 is 3.42. The molecule has 0 amide bonds. The summed E-state index contributed by atoms with van der Waals surface area (Å²) in [6.07, 6.45) is 3.84. The van der Waals surface area contributed by atoms with Crippen molar-refractivity contribution in [3.63, 3.8) is 0 Å². The number of aromatic nitrogens is 1. The molecule has 0 aliphatic rings. The Morgan fingerprint density at radius 2 is 2.11 bits per heavy atom. The van der Waals surface area contributed by atoms with Crippen molar-refractivity contribution in [2.24, 2.45) is 0 Å². The van der Waals surface area contributed by atoms with Gasteiger partial charge in [0.25, 0.3) is 0 Å². The molecule has 0 fully saturated rings. The topological polar surface area (TPSA) is 34.2 Å². The van der Waals surface area contributed by atoms with Crippen LogP contribution in [0.1, 0.15) is 39.8 Å². The maximum Gasteiger partial charge on any atom is 0.0782 e. The summed E-state index contributed by atoms with van der Waals surface area (Å²) in [5.41, 5.74) is 0.892. The summed E-state index contributed by atoms with van der Waals surface area (Å²) in [5, 5.41) is 3.58. The number of hydrogen-bond acceptors (Lipinski definition) is 3. The highest BCUT2D eigenvalue weighted by molar-refractivity contribution is 9.10. The van der Waals surface area contributed by atoms with Gasteiger partial charge in [0.05, 0.1) is 5.60 Å². The molecule has 3 nitrogen and oxygen atoms in total. The molecule has 0 aromatic carbocycles. The zero-order chi connectivity index (χ0) is 14.3. The average Bonchev–Trinajstić information content (AvgIpc) is 2.36. The first-order valence-electron chi connectivity index (χ1n) is 6.97. The van der Waals surface area contributed by atoms with E-state index in [9.17, 15) is 0 Å². The minimum atomic E-state index is -0.196. The molecule has 0 aliphatic carbocycles. The van der Waals surface area contributed by atoms with Crippen LogP contribution in [0.2, 0.25) is 0 Å². The van der Waals surface area contributed by atoms with E-state index in [4.69, 9.17) is 4.74 Å². The molecule has 1 heterocycles. The Bertz CT molecular complexity index is 365. The van der Waals surface area contributed by atoms with Gasteiger partial charge in [0.2, 0.25) is 0 Å². The second kappa shape index (κ2) is 7.98. The fourth-order valence-electron chi connectivity index (χ4n) is 2.09. The summed E-state index contributed by atoms with van der Waals surface area (Å²) in [7, 11) is 0. The van der Waals surface area contributed by atoms with E-state index in [-0.39, 0.29) is 11.6 Å². The monoisotopic (exact) mass is 328 g/mol. The van der Waals surface area contributed by atoms with E-state index >= 15 is 0 Å². The van der Waals surface area contributed by atoms with Crippen LogP contribution in [0.5, 0.6) is 0 Å². The van der Waals surface area contributed by atoms with Gasteiger partial charge in [-0.2, -0.15) is 0 Å². The number of pyridine rings is 1. The molecular formula is C15H25BrN2O. The van der Waals surface area contributed by atoms with E-state index in [0.717, 1.165) is 36.2 Å². The molecule has 1 aromatic rings. The largest absolute Gasteiger partial charge is 0.374 e. The van der Waals surface area contributed by atoms with Gasteiger partial charge in [-0.05, 0) is 61.8 Å². The third-order valence-electron chi connectivity index (χ3n) is 3.20. The second-order valence-corrected chi connectivity index (χ2v) is 6.13. The highest BCUT2D eigenvalue weighted by atomic mass is 79.9. The maximum absolute atomic E-state index is 5.88. The van der Waals surface area contributed by atoms with Crippen LogP contribution in [0.3, 0.4) is 0 Å². The molecule has 4 heteroatoms. The molecule has 1 unspecified atom stereocenters.